The second kappa shape index (κ2) is 8.26. The smallest absolute Gasteiger partial charge is 0.338 e. The molecule has 5 heteroatoms. The molecule has 0 atom stereocenters. The quantitative estimate of drug-likeness (QED) is 0.556. The molecular formula is C14H18O5. The van der Waals surface area contributed by atoms with Crippen LogP contribution in [0.4, 0.5) is 0 Å². The molecule has 1 aromatic rings. The Morgan fingerprint density at radius 2 is 1.74 bits per heavy atom. The number of aliphatic hydroxyl groups excluding tert-OH is 1. The van der Waals surface area contributed by atoms with Crippen molar-refractivity contribution in [1.82, 2.24) is 0 Å². The van der Waals surface area contributed by atoms with E-state index in [0.717, 1.165) is 25.7 Å². The lowest BCUT2D eigenvalue weighted by molar-refractivity contribution is 0.0497. The summed E-state index contributed by atoms with van der Waals surface area (Å²) in [5, 5.41) is 17.4. The molecule has 0 unspecified atom stereocenters. The number of carbonyl (C=O) groups is 2. The Bertz CT molecular complexity index is 428. The first-order chi connectivity index (χ1) is 9.15. The highest BCUT2D eigenvalue weighted by Crippen LogP contribution is 2.08. The molecule has 0 aromatic heterocycles. The average Bonchev–Trinajstić information content (AvgIpc) is 2.42. The van der Waals surface area contributed by atoms with Gasteiger partial charge in [-0.25, -0.2) is 9.59 Å². The third-order valence-electron chi connectivity index (χ3n) is 2.63. The first kappa shape index (κ1) is 15.2. The van der Waals surface area contributed by atoms with Crippen molar-refractivity contribution in [2.45, 2.75) is 25.7 Å². The third kappa shape index (κ3) is 5.52. The zero-order valence-corrected chi connectivity index (χ0v) is 10.7. The van der Waals surface area contributed by atoms with Crippen molar-refractivity contribution in [2.75, 3.05) is 13.2 Å². The Morgan fingerprint density at radius 1 is 1.05 bits per heavy atom. The number of benzene rings is 1. The number of aliphatic hydroxyl groups is 1. The van der Waals surface area contributed by atoms with Gasteiger partial charge in [0.1, 0.15) is 0 Å². The monoisotopic (exact) mass is 266 g/mol. The van der Waals surface area contributed by atoms with Crippen LogP contribution in [0.2, 0.25) is 0 Å². The van der Waals surface area contributed by atoms with Crippen LogP contribution in [0.1, 0.15) is 46.4 Å². The zero-order chi connectivity index (χ0) is 14.1. The Hall–Kier alpha value is -1.88. The van der Waals surface area contributed by atoms with Gasteiger partial charge < -0.3 is 14.9 Å². The fraction of sp³-hybridized carbons (Fsp3) is 0.429. The van der Waals surface area contributed by atoms with Crippen LogP contribution >= 0.6 is 0 Å². The number of esters is 1. The van der Waals surface area contributed by atoms with Gasteiger partial charge in [-0.2, -0.15) is 0 Å². The normalized spacial score (nSPS) is 10.2. The molecule has 5 nitrogen and oxygen atoms in total. The maximum Gasteiger partial charge on any atom is 0.338 e. The van der Waals surface area contributed by atoms with E-state index < -0.39 is 11.9 Å². The van der Waals surface area contributed by atoms with E-state index in [1.165, 1.54) is 24.3 Å². The van der Waals surface area contributed by atoms with Gasteiger partial charge in [-0.3, -0.25) is 0 Å². The molecular weight excluding hydrogens is 248 g/mol. The number of ether oxygens (including phenoxy) is 1. The van der Waals surface area contributed by atoms with Crippen molar-refractivity contribution in [3.8, 4) is 0 Å². The van der Waals surface area contributed by atoms with Gasteiger partial charge in [0, 0.05) is 6.61 Å². The summed E-state index contributed by atoms with van der Waals surface area (Å²) in [6.07, 6.45) is 3.30. The Balaban J connectivity index is 2.37. The van der Waals surface area contributed by atoms with Crippen LogP contribution < -0.4 is 0 Å². The number of hydrogen-bond donors (Lipinski definition) is 2. The predicted molar refractivity (Wildman–Crippen MR) is 69.2 cm³/mol. The number of carboxylic acid groups (broad SMARTS) is 1. The second-order valence-electron chi connectivity index (χ2n) is 4.16. The molecule has 0 saturated heterocycles. The lowest BCUT2D eigenvalue weighted by Crippen LogP contribution is -2.08. The summed E-state index contributed by atoms with van der Waals surface area (Å²) in [6.45, 7) is 0.489. The molecule has 0 heterocycles. The molecule has 2 N–H and O–H groups in total. The summed E-state index contributed by atoms with van der Waals surface area (Å²) in [4.78, 5) is 22.4. The van der Waals surface area contributed by atoms with Gasteiger partial charge in [0.05, 0.1) is 17.7 Å². The van der Waals surface area contributed by atoms with Crippen LogP contribution in [0.25, 0.3) is 0 Å². The highest BCUT2D eigenvalue weighted by atomic mass is 16.5. The summed E-state index contributed by atoms with van der Waals surface area (Å²) in [6, 6.07) is 5.77. The third-order valence-corrected chi connectivity index (χ3v) is 2.63. The fourth-order valence-electron chi connectivity index (χ4n) is 1.59. The minimum atomic E-state index is -1.07. The summed E-state index contributed by atoms with van der Waals surface area (Å²) < 4.78 is 5.05. The standard InChI is InChI=1S/C14H18O5/c15-8-3-1-2-4-9-19-14(18)12-7-5-6-11(10-12)13(16)17/h5-7,10,15H,1-4,8-9H2,(H,16,17). The molecule has 0 aliphatic carbocycles. The van der Waals surface area contributed by atoms with Crippen molar-refractivity contribution in [2.24, 2.45) is 0 Å². The molecule has 0 aliphatic rings. The van der Waals surface area contributed by atoms with E-state index in [1.807, 2.05) is 0 Å². The van der Waals surface area contributed by atoms with E-state index >= 15 is 0 Å². The molecule has 1 aromatic carbocycles. The van der Waals surface area contributed by atoms with Crippen LogP contribution in [0.5, 0.6) is 0 Å². The molecule has 0 radical (unpaired) electrons. The average molecular weight is 266 g/mol. The van der Waals surface area contributed by atoms with Gasteiger partial charge >= 0.3 is 11.9 Å². The van der Waals surface area contributed by atoms with Crippen LogP contribution in [0, 0.1) is 0 Å². The molecule has 0 bridgehead atoms. The first-order valence-corrected chi connectivity index (χ1v) is 6.26. The van der Waals surface area contributed by atoms with Gasteiger partial charge in [0.25, 0.3) is 0 Å². The van der Waals surface area contributed by atoms with E-state index in [0.29, 0.717) is 6.61 Å². The van der Waals surface area contributed by atoms with Crippen molar-refractivity contribution < 1.29 is 24.5 Å². The number of carboxylic acids is 1. The Kier molecular flexibility index (Phi) is 6.60. The summed E-state index contributed by atoms with van der Waals surface area (Å²) >= 11 is 0. The van der Waals surface area contributed by atoms with Crippen molar-refractivity contribution >= 4 is 11.9 Å². The van der Waals surface area contributed by atoms with Crippen LogP contribution in [0.15, 0.2) is 24.3 Å². The zero-order valence-electron chi connectivity index (χ0n) is 10.7. The Morgan fingerprint density at radius 3 is 2.42 bits per heavy atom. The second-order valence-corrected chi connectivity index (χ2v) is 4.16. The maximum atomic E-state index is 11.7. The molecule has 1 rings (SSSR count). The summed E-state index contributed by atoms with van der Waals surface area (Å²) in [5.41, 5.74) is 0.313. The first-order valence-electron chi connectivity index (χ1n) is 6.26. The van der Waals surface area contributed by atoms with Gasteiger partial charge in [-0.1, -0.05) is 12.5 Å². The number of hydrogen-bond acceptors (Lipinski definition) is 4. The number of aromatic carboxylic acids is 1. The molecule has 19 heavy (non-hydrogen) atoms. The van der Waals surface area contributed by atoms with E-state index in [9.17, 15) is 9.59 Å². The molecule has 0 aliphatic heterocycles. The van der Waals surface area contributed by atoms with Crippen LogP contribution in [0.3, 0.4) is 0 Å². The fourth-order valence-corrected chi connectivity index (χ4v) is 1.59. The topological polar surface area (TPSA) is 83.8 Å². The number of rotatable bonds is 8. The van der Waals surface area contributed by atoms with Crippen LogP contribution in [-0.2, 0) is 4.74 Å². The summed E-state index contributed by atoms with van der Waals surface area (Å²) in [5.74, 6) is -1.58. The Labute approximate surface area is 111 Å². The van der Waals surface area contributed by atoms with Crippen molar-refractivity contribution in [3.05, 3.63) is 35.4 Å². The molecule has 0 fully saturated rings. The van der Waals surface area contributed by atoms with Gasteiger partial charge in [-0.15, -0.1) is 0 Å². The SMILES string of the molecule is O=C(O)c1cccc(C(=O)OCCCCCCO)c1. The van der Waals surface area contributed by atoms with Gasteiger partial charge in [0.15, 0.2) is 0 Å². The number of unbranched alkanes of at least 4 members (excludes halogenated alkanes) is 3. The predicted octanol–water partition coefficient (Wildman–Crippen LogP) is 2.09. The van der Waals surface area contributed by atoms with E-state index in [4.69, 9.17) is 14.9 Å². The number of carbonyl (C=O) groups excluding carboxylic acids is 1. The minimum absolute atomic E-state index is 0.0670. The van der Waals surface area contributed by atoms with Crippen LogP contribution in [-0.4, -0.2) is 35.4 Å². The molecule has 0 saturated carbocycles. The highest BCUT2D eigenvalue weighted by molar-refractivity contribution is 5.94. The summed E-state index contributed by atoms with van der Waals surface area (Å²) in [7, 11) is 0. The van der Waals surface area contributed by atoms with Gasteiger partial charge in [0.2, 0.25) is 0 Å². The highest BCUT2D eigenvalue weighted by Gasteiger charge is 2.10. The maximum absolute atomic E-state index is 11.7. The molecule has 0 amide bonds. The minimum Gasteiger partial charge on any atom is -0.478 e. The van der Waals surface area contributed by atoms with Gasteiger partial charge in [-0.05, 0) is 37.5 Å². The van der Waals surface area contributed by atoms with Crippen molar-refractivity contribution in [3.63, 3.8) is 0 Å². The van der Waals surface area contributed by atoms with E-state index in [2.05, 4.69) is 0 Å². The lowest BCUT2D eigenvalue weighted by Gasteiger charge is -2.05. The lowest BCUT2D eigenvalue weighted by atomic mass is 10.1. The molecule has 0 spiro atoms. The van der Waals surface area contributed by atoms with Crippen molar-refractivity contribution in [1.29, 1.82) is 0 Å². The molecule has 104 valence electrons. The van der Waals surface area contributed by atoms with E-state index in [-0.39, 0.29) is 17.7 Å². The largest absolute Gasteiger partial charge is 0.478 e. The van der Waals surface area contributed by atoms with E-state index in [1.54, 1.807) is 0 Å².